The van der Waals surface area contributed by atoms with Crippen LogP contribution in [0.25, 0.3) is 0 Å². The molecular weight excluding hydrogens is 272 g/mol. The zero-order chi connectivity index (χ0) is 15.4. The summed E-state index contributed by atoms with van der Waals surface area (Å²) in [6, 6.07) is 10.4. The maximum atomic E-state index is 12.8. The molecule has 1 N–H and O–H groups in total. The first-order chi connectivity index (χ1) is 10.7. The summed E-state index contributed by atoms with van der Waals surface area (Å²) in [5.74, 6) is 0.600. The third kappa shape index (κ3) is 3.25. The Morgan fingerprint density at radius 2 is 2.05 bits per heavy atom. The van der Waals surface area contributed by atoms with Gasteiger partial charge >= 0.3 is 0 Å². The van der Waals surface area contributed by atoms with Gasteiger partial charge in [-0.1, -0.05) is 36.4 Å². The second-order valence-corrected chi connectivity index (χ2v) is 6.68. The van der Waals surface area contributed by atoms with Gasteiger partial charge in [0.1, 0.15) is 0 Å². The highest BCUT2D eigenvalue weighted by molar-refractivity contribution is 5.83. The topological polar surface area (TPSA) is 32.3 Å². The first kappa shape index (κ1) is 15.3. The number of nitrogens with zero attached hydrogens (tertiary/aromatic N) is 1. The Hall–Kier alpha value is -1.61. The summed E-state index contributed by atoms with van der Waals surface area (Å²) >= 11 is 0. The number of carbonyl (C=O) groups excluding carboxylic acids is 1. The molecule has 3 rings (SSSR count). The fourth-order valence-electron chi connectivity index (χ4n) is 3.75. The SMILES string of the molecule is C=CCN(CCc1ccccc1)C(=O)C1CC12CCNCC2. The second kappa shape index (κ2) is 6.66. The van der Waals surface area contributed by atoms with E-state index in [9.17, 15) is 4.79 Å². The molecule has 1 aliphatic heterocycles. The van der Waals surface area contributed by atoms with Gasteiger partial charge in [0.25, 0.3) is 0 Å². The van der Waals surface area contributed by atoms with Crippen molar-refractivity contribution in [2.45, 2.75) is 25.7 Å². The van der Waals surface area contributed by atoms with Gasteiger partial charge in [-0.05, 0) is 49.8 Å². The Balaban J connectivity index is 1.59. The molecule has 1 amide bonds. The Morgan fingerprint density at radius 1 is 1.32 bits per heavy atom. The van der Waals surface area contributed by atoms with Crippen LogP contribution < -0.4 is 5.32 Å². The number of benzene rings is 1. The van der Waals surface area contributed by atoms with Gasteiger partial charge < -0.3 is 10.2 Å². The van der Waals surface area contributed by atoms with Crippen molar-refractivity contribution in [3.05, 3.63) is 48.6 Å². The molecule has 1 saturated carbocycles. The molecule has 1 saturated heterocycles. The minimum atomic E-state index is 0.255. The lowest BCUT2D eigenvalue weighted by Crippen LogP contribution is -2.37. The third-order valence-electron chi connectivity index (χ3n) is 5.26. The molecular formula is C19H26N2O. The van der Waals surface area contributed by atoms with Crippen LogP contribution in [-0.4, -0.2) is 37.0 Å². The van der Waals surface area contributed by atoms with Crippen molar-refractivity contribution in [2.75, 3.05) is 26.2 Å². The predicted molar refractivity (Wildman–Crippen MR) is 89.6 cm³/mol. The standard InChI is InChI=1S/C19H26N2O/c1-2-13-21(14-8-16-6-4-3-5-7-16)18(22)17-15-19(17)9-11-20-12-10-19/h2-7,17,20H,1,8-15H2. The van der Waals surface area contributed by atoms with Gasteiger partial charge in [0.15, 0.2) is 0 Å². The van der Waals surface area contributed by atoms with Gasteiger partial charge in [0.05, 0.1) is 0 Å². The number of rotatable bonds is 6. The fraction of sp³-hybridized carbons (Fsp3) is 0.526. The highest BCUT2D eigenvalue weighted by Gasteiger charge is 2.58. The van der Waals surface area contributed by atoms with E-state index in [-0.39, 0.29) is 5.92 Å². The normalized spacial score (nSPS) is 22.3. The number of amides is 1. The third-order valence-corrected chi connectivity index (χ3v) is 5.26. The summed E-state index contributed by atoms with van der Waals surface area (Å²) in [5, 5.41) is 3.40. The van der Waals surface area contributed by atoms with Gasteiger partial charge in [0.2, 0.25) is 5.91 Å². The van der Waals surface area contributed by atoms with Crippen LogP contribution in [0.15, 0.2) is 43.0 Å². The Morgan fingerprint density at radius 3 is 2.73 bits per heavy atom. The molecule has 1 atom stereocenters. The van der Waals surface area contributed by atoms with Crippen molar-refractivity contribution in [3.8, 4) is 0 Å². The van der Waals surface area contributed by atoms with Crippen molar-refractivity contribution >= 4 is 5.91 Å². The monoisotopic (exact) mass is 298 g/mol. The molecule has 1 unspecified atom stereocenters. The molecule has 1 aromatic rings. The molecule has 1 heterocycles. The highest BCUT2D eigenvalue weighted by atomic mass is 16.2. The van der Waals surface area contributed by atoms with Crippen molar-refractivity contribution in [2.24, 2.45) is 11.3 Å². The zero-order valence-corrected chi connectivity index (χ0v) is 13.3. The van der Waals surface area contributed by atoms with Crippen LogP contribution in [0.5, 0.6) is 0 Å². The first-order valence-corrected chi connectivity index (χ1v) is 8.39. The van der Waals surface area contributed by atoms with Gasteiger partial charge in [0, 0.05) is 19.0 Å². The van der Waals surface area contributed by atoms with Gasteiger partial charge in [-0.25, -0.2) is 0 Å². The molecule has 0 aromatic heterocycles. The summed E-state index contributed by atoms with van der Waals surface area (Å²) < 4.78 is 0. The predicted octanol–water partition coefficient (Wildman–Crippen LogP) is 2.63. The maximum absolute atomic E-state index is 12.8. The molecule has 22 heavy (non-hydrogen) atoms. The second-order valence-electron chi connectivity index (χ2n) is 6.68. The van der Waals surface area contributed by atoms with Crippen molar-refractivity contribution < 1.29 is 4.79 Å². The molecule has 1 aromatic carbocycles. The molecule has 3 nitrogen and oxygen atoms in total. The molecule has 3 heteroatoms. The van der Waals surface area contributed by atoms with Crippen LogP contribution in [0.3, 0.4) is 0 Å². The smallest absolute Gasteiger partial charge is 0.226 e. The van der Waals surface area contributed by atoms with E-state index in [1.54, 1.807) is 0 Å². The number of hydrogen-bond acceptors (Lipinski definition) is 2. The summed E-state index contributed by atoms with van der Waals surface area (Å²) in [7, 11) is 0. The molecule has 0 bridgehead atoms. The minimum absolute atomic E-state index is 0.255. The van der Waals surface area contributed by atoms with Crippen molar-refractivity contribution in [1.29, 1.82) is 0 Å². The average molecular weight is 298 g/mol. The molecule has 1 spiro atoms. The van der Waals surface area contributed by atoms with Crippen LogP contribution in [0.1, 0.15) is 24.8 Å². The lowest BCUT2D eigenvalue weighted by molar-refractivity contribution is -0.133. The van der Waals surface area contributed by atoms with E-state index in [4.69, 9.17) is 0 Å². The van der Waals surface area contributed by atoms with Crippen molar-refractivity contribution in [3.63, 3.8) is 0 Å². The molecule has 0 radical (unpaired) electrons. The number of hydrogen-bond donors (Lipinski definition) is 1. The van der Waals surface area contributed by atoms with Crippen LogP contribution in [0.4, 0.5) is 0 Å². The van der Waals surface area contributed by atoms with Crippen LogP contribution in [0.2, 0.25) is 0 Å². The van der Waals surface area contributed by atoms with E-state index in [0.717, 1.165) is 45.3 Å². The molecule has 2 aliphatic rings. The van der Waals surface area contributed by atoms with E-state index in [2.05, 4.69) is 36.2 Å². The Kier molecular flexibility index (Phi) is 4.63. The van der Waals surface area contributed by atoms with Crippen LogP contribution in [0, 0.1) is 11.3 Å². The molecule has 1 aliphatic carbocycles. The maximum Gasteiger partial charge on any atom is 0.226 e. The number of nitrogens with one attached hydrogen (secondary N) is 1. The van der Waals surface area contributed by atoms with Crippen LogP contribution >= 0.6 is 0 Å². The number of piperidine rings is 1. The van der Waals surface area contributed by atoms with Gasteiger partial charge in [-0.2, -0.15) is 0 Å². The molecule has 118 valence electrons. The zero-order valence-electron chi connectivity index (χ0n) is 13.3. The Labute approximate surface area is 133 Å². The van der Waals surface area contributed by atoms with E-state index >= 15 is 0 Å². The fourth-order valence-corrected chi connectivity index (χ4v) is 3.75. The minimum Gasteiger partial charge on any atom is -0.338 e. The van der Waals surface area contributed by atoms with E-state index in [1.165, 1.54) is 5.56 Å². The number of carbonyl (C=O) groups is 1. The highest BCUT2D eigenvalue weighted by Crippen LogP contribution is 2.59. The molecule has 2 fully saturated rings. The van der Waals surface area contributed by atoms with Gasteiger partial charge in [-0.3, -0.25) is 4.79 Å². The summed E-state index contributed by atoms with van der Waals surface area (Å²) in [4.78, 5) is 14.8. The van der Waals surface area contributed by atoms with E-state index in [1.807, 2.05) is 17.0 Å². The first-order valence-electron chi connectivity index (χ1n) is 8.39. The van der Waals surface area contributed by atoms with E-state index < -0.39 is 0 Å². The summed E-state index contributed by atoms with van der Waals surface area (Å²) in [6.45, 7) is 7.40. The summed E-state index contributed by atoms with van der Waals surface area (Å²) in [5.41, 5.74) is 1.60. The summed E-state index contributed by atoms with van der Waals surface area (Å²) in [6.07, 6.45) is 6.17. The Bertz CT molecular complexity index is 519. The lowest BCUT2D eigenvalue weighted by Gasteiger charge is -2.26. The largest absolute Gasteiger partial charge is 0.338 e. The van der Waals surface area contributed by atoms with Gasteiger partial charge in [-0.15, -0.1) is 6.58 Å². The van der Waals surface area contributed by atoms with Crippen molar-refractivity contribution in [1.82, 2.24) is 10.2 Å². The van der Waals surface area contributed by atoms with Crippen LogP contribution in [-0.2, 0) is 11.2 Å². The lowest BCUT2D eigenvalue weighted by atomic mass is 9.91. The van der Waals surface area contributed by atoms with E-state index in [0.29, 0.717) is 17.9 Å². The quantitative estimate of drug-likeness (QED) is 0.819. The average Bonchev–Trinajstić information content (AvgIpc) is 3.25.